The Hall–Kier alpha value is -3.06. The molecule has 0 fully saturated rings. The van der Waals surface area contributed by atoms with E-state index in [1.165, 1.54) is 6.92 Å². The molecule has 7 heteroatoms. The summed E-state index contributed by atoms with van der Waals surface area (Å²) in [7, 11) is 0. The number of anilines is 1. The molecule has 25 heavy (non-hydrogen) atoms. The number of hydrogen-bond acceptors (Lipinski definition) is 5. The molecule has 124 valence electrons. The van der Waals surface area contributed by atoms with Crippen molar-refractivity contribution in [2.45, 2.75) is 13.3 Å². The maximum absolute atomic E-state index is 11.1. The van der Waals surface area contributed by atoms with E-state index in [0.29, 0.717) is 6.42 Å². The topological polar surface area (TPSA) is 72.2 Å². The van der Waals surface area contributed by atoms with E-state index in [1.54, 1.807) is 15.9 Å². The summed E-state index contributed by atoms with van der Waals surface area (Å²) in [5.74, 6) is 0.696. The smallest absolute Gasteiger partial charge is 0.221 e. The standard InChI is InChI=1S/C18H15N5OS/c1-12(24)19-14-6-4-13(5-7-14)11-18-21-20-17-9-8-15(22-23(17)18)16-3-2-10-25-16/h2-10H,11H2,1H3,(H,19,24). The first-order chi connectivity index (χ1) is 12.2. The Morgan fingerprint density at radius 1 is 1.12 bits per heavy atom. The van der Waals surface area contributed by atoms with Crippen LogP contribution in [0.25, 0.3) is 16.2 Å². The molecule has 0 aliphatic rings. The van der Waals surface area contributed by atoms with Crippen molar-refractivity contribution in [3.8, 4) is 10.6 Å². The molecular formula is C18H15N5OS. The summed E-state index contributed by atoms with van der Waals surface area (Å²) in [5, 5.41) is 17.9. The number of carbonyl (C=O) groups excluding carboxylic acids is 1. The monoisotopic (exact) mass is 349 g/mol. The van der Waals surface area contributed by atoms with Crippen molar-refractivity contribution in [3.05, 3.63) is 65.3 Å². The predicted molar refractivity (Wildman–Crippen MR) is 97.6 cm³/mol. The summed E-state index contributed by atoms with van der Waals surface area (Å²) >= 11 is 1.65. The van der Waals surface area contributed by atoms with Crippen LogP contribution < -0.4 is 5.32 Å². The summed E-state index contributed by atoms with van der Waals surface area (Å²) in [6.45, 7) is 1.49. The normalized spacial score (nSPS) is 10.9. The highest BCUT2D eigenvalue weighted by molar-refractivity contribution is 7.13. The zero-order chi connectivity index (χ0) is 17.2. The van der Waals surface area contributed by atoms with Crippen LogP contribution in [-0.4, -0.2) is 25.7 Å². The molecule has 3 aromatic heterocycles. The second kappa shape index (κ2) is 6.45. The minimum Gasteiger partial charge on any atom is -0.326 e. The molecule has 1 aromatic carbocycles. The lowest BCUT2D eigenvalue weighted by atomic mass is 10.1. The van der Waals surface area contributed by atoms with Gasteiger partial charge in [-0.1, -0.05) is 18.2 Å². The molecule has 0 saturated carbocycles. The number of benzene rings is 1. The minimum atomic E-state index is -0.0819. The number of thiophene rings is 1. The highest BCUT2D eigenvalue weighted by Gasteiger charge is 2.10. The van der Waals surface area contributed by atoms with Crippen LogP contribution in [0.15, 0.2) is 53.9 Å². The third-order valence-corrected chi connectivity index (χ3v) is 4.63. The highest BCUT2D eigenvalue weighted by atomic mass is 32.1. The third-order valence-electron chi connectivity index (χ3n) is 3.74. The fourth-order valence-electron chi connectivity index (χ4n) is 2.59. The van der Waals surface area contributed by atoms with E-state index in [-0.39, 0.29) is 5.91 Å². The Morgan fingerprint density at radius 3 is 2.68 bits per heavy atom. The van der Waals surface area contributed by atoms with Crippen molar-refractivity contribution in [2.24, 2.45) is 0 Å². The number of rotatable bonds is 4. The molecule has 0 aliphatic heterocycles. The zero-order valence-corrected chi connectivity index (χ0v) is 14.3. The molecular weight excluding hydrogens is 334 g/mol. The number of fused-ring (bicyclic) bond motifs is 1. The van der Waals surface area contributed by atoms with E-state index in [4.69, 9.17) is 0 Å². The Bertz CT molecular complexity index is 1020. The van der Waals surface area contributed by atoms with E-state index in [9.17, 15) is 4.79 Å². The first kappa shape index (κ1) is 15.5. The number of carbonyl (C=O) groups is 1. The average molecular weight is 349 g/mol. The molecule has 0 spiro atoms. The van der Waals surface area contributed by atoms with Crippen molar-refractivity contribution in [2.75, 3.05) is 5.32 Å². The highest BCUT2D eigenvalue weighted by Crippen LogP contribution is 2.23. The maximum atomic E-state index is 11.1. The molecule has 6 nitrogen and oxygen atoms in total. The molecule has 0 atom stereocenters. The fraction of sp³-hybridized carbons (Fsp3) is 0.111. The van der Waals surface area contributed by atoms with Gasteiger partial charge in [-0.25, -0.2) is 0 Å². The molecule has 0 unspecified atom stereocenters. The fourth-order valence-corrected chi connectivity index (χ4v) is 3.28. The van der Waals surface area contributed by atoms with E-state index in [0.717, 1.165) is 33.3 Å². The lowest BCUT2D eigenvalue weighted by Gasteiger charge is -2.04. The lowest BCUT2D eigenvalue weighted by molar-refractivity contribution is -0.114. The number of nitrogens with one attached hydrogen (secondary N) is 1. The Balaban J connectivity index is 1.63. The van der Waals surface area contributed by atoms with Gasteiger partial charge in [0.2, 0.25) is 5.91 Å². The number of aromatic nitrogens is 4. The van der Waals surface area contributed by atoms with Crippen LogP contribution in [0.3, 0.4) is 0 Å². The lowest BCUT2D eigenvalue weighted by Crippen LogP contribution is -2.05. The van der Waals surface area contributed by atoms with Gasteiger partial charge in [-0.15, -0.1) is 21.5 Å². The SMILES string of the molecule is CC(=O)Nc1ccc(Cc2nnc3ccc(-c4cccs4)nn23)cc1. The van der Waals surface area contributed by atoms with Gasteiger partial charge in [-0.05, 0) is 41.3 Å². The summed E-state index contributed by atoms with van der Waals surface area (Å²) in [5.41, 5.74) is 3.49. The Kier molecular flexibility index (Phi) is 3.99. The first-order valence-corrected chi connectivity index (χ1v) is 8.69. The third kappa shape index (κ3) is 3.27. The molecule has 1 amide bonds. The van der Waals surface area contributed by atoms with Crippen molar-refractivity contribution < 1.29 is 4.79 Å². The maximum Gasteiger partial charge on any atom is 0.221 e. The van der Waals surface area contributed by atoms with Crippen LogP contribution in [0.2, 0.25) is 0 Å². The van der Waals surface area contributed by atoms with Gasteiger partial charge >= 0.3 is 0 Å². The predicted octanol–water partition coefficient (Wildman–Crippen LogP) is 3.40. The summed E-state index contributed by atoms with van der Waals surface area (Å²) in [6, 6.07) is 15.6. The van der Waals surface area contributed by atoms with Gasteiger partial charge in [0.05, 0.1) is 4.88 Å². The van der Waals surface area contributed by atoms with E-state index >= 15 is 0 Å². The second-order valence-corrected chi connectivity index (χ2v) is 6.58. The van der Waals surface area contributed by atoms with Gasteiger partial charge in [0.25, 0.3) is 0 Å². The van der Waals surface area contributed by atoms with Crippen LogP contribution in [0.5, 0.6) is 0 Å². The number of amides is 1. The van der Waals surface area contributed by atoms with Gasteiger partial charge in [-0.2, -0.15) is 9.61 Å². The molecule has 4 rings (SSSR count). The molecule has 0 bridgehead atoms. The molecule has 3 heterocycles. The Labute approximate surface area is 148 Å². The van der Waals surface area contributed by atoms with Gasteiger partial charge in [0.1, 0.15) is 5.69 Å². The van der Waals surface area contributed by atoms with Crippen LogP contribution in [0.4, 0.5) is 5.69 Å². The minimum absolute atomic E-state index is 0.0819. The first-order valence-electron chi connectivity index (χ1n) is 7.81. The number of hydrogen-bond donors (Lipinski definition) is 1. The quantitative estimate of drug-likeness (QED) is 0.613. The van der Waals surface area contributed by atoms with E-state index < -0.39 is 0 Å². The average Bonchev–Trinajstić information content (AvgIpc) is 3.26. The molecule has 4 aromatic rings. The largest absolute Gasteiger partial charge is 0.326 e. The van der Waals surface area contributed by atoms with Crippen LogP contribution in [-0.2, 0) is 11.2 Å². The van der Waals surface area contributed by atoms with Crippen molar-refractivity contribution >= 4 is 28.6 Å². The van der Waals surface area contributed by atoms with E-state index in [1.807, 2.05) is 53.9 Å². The van der Waals surface area contributed by atoms with Crippen LogP contribution in [0.1, 0.15) is 18.3 Å². The summed E-state index contributed by atoms with van der Waals surface area (Å²) < 4.78 is 1.79. The summed E-state index contributed by atoms with van der Waals surface area (Å²) in [4.78, 5) is 12.2. The van der Waals surface area contributed by atoms with Crippen LogP contribution in [0, 0.1) is 0 Å². The molecule has 1 N–H and O–H groups in total. The van der Waals surface area contributed by atoms with Gasteiger partial charge in [-0.3, -0.25) is 4.79 Å². The van der Waals surface area contributed by atoms with Gasteiger partial charge < -0.3 is 5.32 Å². The Morgan fingerprint density at radius 2 is 1.96 bits per heavy atom. The second-order valence-electron chi connectivity index (χ2n) is 5.64. The van der Waals surface area contributed by atoms with Crippen LogP contribution >= 0.6 is 11.3 Å². The number of nitrogens with zero attached hydrogens (tertiary/aromatic N) is 4. The molecule has 0 saturated heterocycles. The zero-order valence-electron chi connectivity index (χ0n) is 13.5. The molecule has 0 aliphatic carbocycles. The van der Waals surface area contributed by atoms with Crippen molar-refractivity contribution in [1.82, 2.24) is 19.8 Å². The van der Waals surface area contributed by atoms with Gasteiger partial charge in [0, 0.05) is 19.0 Å². The van der Waals surface area contributed by atoms with E-state index in [2.05, 4.69) is 20.6 Å². The molecule has 0 radical (unpaired) electrons. The van der Waals surface area contributed by atoms with Gasteiger partial charge in [0.15, 0.2) is 11.5 Å². The van der Waals surface area contributed by atoms with Crippen molar-refractivity contribution in [1.29, 1.82) is 0 Å². The summed E-state index contributed by atoms with van der Waals surface area (Å²) in [6.07, 6.45) is 0.614. The van der Waals surface area contributed by atoms with Crippen molar-refractivity contribution in [3.63, 3.8) is 0 Å².